The lowest BCUT2D eigenvalue weighted by molar-refractivity contribution is -0.119. The van der Waals surface area contributed by atoms with Crippen molar-refractivity contribution in [1.82, 2.24) is 10.6 Å². The Kier molecular flexibility index (Phi) is 6.67. The van der Waals surface area contributed by atoms with Crippen LogP contribution in [0.5, 0.6) is 11.5 Å². The predicted octanol–water partition coefficient (Wildman–Crippen LogP) is 6.12. The highest BCUT2D eigenvalue weighted by Gasteiger charge is 2.42. The molecule has 0 radical (unpaired) electrons. The highest BCUT2D eigenvalue weighted by atomic mass is 16.6. The fourth-order valence-corrected chi connectivity index (χ4v) is 6.04. The molecule has 2 unspecified atom stereocenters. The van der Waals surface area contributed by atoms with E-state index in [9.17, 15) is 9.59 Å². The largest absolute Gasteiger partial charge is 0.495 e. The van der Waals surface area contributed by atoms with E-state index < -0.39 is 6.09 Å². The number of rotatable bonds is 5. The van der Waals surface area contributed by atoms with Gasteiger partial charge >= 0.3 is 6.09 Å². The SMILES string of the molecule is COc1c2ccccc2c(OC(=O)NC2CC(C)(C)CC(C)(CNC(C)=O)C2)c2ccc(C)cc12. The van der Waals surface area contributed by atoms with Gasteiger partial charge in [0.2, 0.25) is 5.91 Å². The summed E-state index contributed by atoms with van der Waals surface area (Å²) < 4.78 is 11.8. The van der Waals surface area contributed by atoms with Gasteiger partial charge in [0, 0.05) is 41.1 Å². The van der Waals surface area contributed by atoms with Crippen molar-refractivity contribution in [1.29, 1.82) is 0 Å². The molecule has 186 valence electrons. The summed E-state index contributed by atoms with van der Waals surface area (Å²) in [5, 5.41) is 9.57. The van der Waals surface area contributed by atoms with Crippen molar-refractivity contribution in [2.75, 3.05) is 13.7 Å². The number of carbonyl (C=O) groups is 2. The molecule has 3 aromatic rings. The van der Waals surface area contributed by atoms with E-state index >= 15 is 0 Å². The van der Waals surface area contributed by atoms with E-state index in [1.807, 2.05) is 43.3 Å². The summed E-state index contributed by atoms with van der Waals surface area (Å²) in [5.41, 5.74) is 1.02. The number of hydrogen-bond donors (Lipinski definition) is 2. The molecule has 0 bridgehead atoms. The number of aryl methyl sites for hydroxylation is 1. The summed E-state index contributed by atoms with van der Waals surface area (Å²) in [6, 6.07) is 13.8. The topological polar surface area (TPSA) is 76.7 Å². The van der Waals surface area contributed by atoms with Gasteiger partial charge in [-0.25, -0.2) is 4.79 Å². The van der Waals surface area contributed by atoms with E-state index in [-0.39, 0.29) is 22.8 Å². The molecule has 0 aliphatic heterocycles. The molecule has 2 atom stereocenters. The Balaban J connectivity index is 1.64. The molecule has 1 aliphatic carbocycles. The first-order valence-corrected chi connectivity index (χ1v) is 12.2. The molecule has 2 N–H and O–H groups in total. The van der Waals surface area contributed by atoms with Gasteiger partial charge in [0.05, 0.1) is 7.11 Å². The van der Waals surface area contributed by atoms with Crippen LogP contribution in [0.2, 0.25) is 0 Å². The number of nitrogens with one attached hydrogen (secondary N) is 2. The highest BCUT2D eigenvalue weighted by Crippen LogP contribution is 2.46. The molecule has 2 amide bonds. The van der Waals surface area contributed by atoms with Crippen molar-refractivity contribution in [2.24, 2.45) is 10.8 Å². The third kappa shape index (κ3) is 5.37. The van der Waals surface area contributed by atoms with Crippen LogP contribution in [0.4, 0.5) is 4.79 Å². The molecule has 0 aromatic heterocycles. The average Bonchev–Trinajstić information content (AvgIpc) is 2.76. The van der Waals surface area contributed by atoms with Gasteiger partial charge in [-0.3, -0.25) is 4.79 Å². The van der Waals surface area contributed by atoms with Gasteiger partial charge in [0.1, 0.15) is 11.5 Å². The first-order valence-electron chi connectivity index (χ1n) is 12.2. The summed E-state index contributed by atoms with van der Waals surface area (Å²) >= 11 is 0. The summed E-state index contributed by atoms with van der Waals surface area (Å²) in [6.45, 7) is 10.8. The molecule has 6 heteroatoms. The van der Waals surface area contributed by atoms with Crippen LogP contribution >= 0.6 is 0 Å². The van der Waals surface area contributed by atoms with Crippen LogP contribution in [0.1, 0.15) is 52.5 Å². The second-order valence-electron chi connectivity index (χ2n) is 11.2. The number of ether oxygens (including phenoxy) is 2. The first-order chi connectivity index (χ1) is 16.5. The lowest BCUT2D eigenvalue weighted by atomic mass is 9.62. The molecule has 3 aromatic carbocycles. The molecule has 0 heterocycles. The minimum atomic E-state index is -0.466. The van der Waals surface area contributed by atoms with E-state index in [0.29, 0.717) is 12.3 Å². The van der Waals surface area contributed by atoms with Crippen LogP contribution < -0.4 is 20.1 Å². The summed E-state index contributed by atoms with van der Waals surface area (Å²) in [5.74, 6) is 1.27. The summed E-state index contributed by atoms with van der Waals surface area (Å²) in [4.78, 5) is 24.8. The van der Waals surface area contributed by atoms with Crippen molar-refractivity contribution in [3.8, 4) is 11.5 Å². The third-order valence-corrected chi connectivity index (χ3v) is 7.01. The number of amides is 2. The number of hydrogen-bond acceptors (Lipinski definition) is 4. The van der Waals surface area contributed by atoms with E-state index in [1.165, 1.54) is 6.92 Å². The fraction of sp³-hybridized carbons (Fsp3) is 0.448. The van der Waals surface area contributed by atoms with Crippen LogP contribution in [0.15, 0.2) is 42.5 Å². The van der Waals surface area contributed by atoms with Gasteiger partial charge in [0.25, 0.3) is 0 Å². The molecule has 1 aliphatic rings. The fourth-order valence-electron chi connectivity index (χ4n) is 6.04. The molecule has 1 saturated carbocycles. The molecule has 35 heavy (non-hydrogen) atoms. The van der Waals surface area contributed by atoms with Gasteiger partial charge < -0.3 is 20.1 Å². The molecule has 0 spiro atoms. The lowest BCUT2D eigenvalue weighted by Crippen LogP contribution is -2.50. The Bertz CT molecular complexity index is 1280. The Morgan fingerprint density at radius 2 is 1.63 bits per heavy atom. The second kappa shape index (κ2) is 9.40. The monoisotopic (exact) mass is 476 g/mol. The van der Waals surface area contributed by atoms with Gasteiger partial charge in [-0.2, -0.15) is 0 Å². The Labute approximate surface area is 207 Å². The molecule has 4 rings (SSSR count). The van der Waals surface area contributed by atoms with E-state index in [2.05, 4.69) is 37.5 Å². The van der Waals surface area contributed by atoms with Crippen molar-refractivity contribution >= 4 is 33.5 Å². The number of carbonyl (C=O) groups excluding carboxylic acids is 2. The van der Waals surface area contributed by atoms with Gasteiger partial charge in [-0.15, -0.1) is 0 Å². The minimum Gasteiger partial charge on any atom is -0.495 e. The standard InChI is InChI=1S/C29H36N2O4/c1-18-11-12-23-24(13-18)25(34-6)21-9-7-8-10-22(21)26(23)35-27(33)31-20-14-28(3,4)16-29(5,15-20)17-30-19(2)32/h7-13,20H,14-17H2,1-6H3,(H,30,32)(H,31,33). The molecular weight excluding hydrogens is 440 g/mol. The lowest BCUT2D eigenvalue weighted by Gasteiger charge is -2.46. The van der Waals surface area contributed by atoms with Gasteiger partial charge in [-0.05, 0) is 43.1 Å². The van der Waals surface area contributed by atoms with Crippen LogP contribution in [0, 0.1) is 17.8 Å². The molecule has 0 saturated heterocycles. The predicted molar refractivity (Wildman–Crippen MR) is 140 cm³/mol. The van der Waals surface area contributed by atoms with Crippen molar-refractivity contribution in [2.45, 2.75) is 59.9 Å². The first kappa shape index (κ1) is 24.8. The second-order valence-corrected chi connectivity index (χ2v) is 11.2. The Morgan fingerprint density at radius 3 is 2.29 bits per heavy atom. The highest BCUT2D eigenvalue weighted by molar-refractivity contribution is 6.12. The van der Waals surface area contributed by atoms with E-state index in [1.54, 1.807) is 7.11 Å². The maximum atomic E-state index is 13.2. The van der Waals surface area contributed by atoms with Crippen LogP contribution in [-0.4, -0.2) is 31.7 Å². The maximum absolute atomic E-state index is 13.2. The smallest absolute Gasteiger partial charge is 0.412 e. The number of methoxy groups -OCH3 is 1. The zero-order chi connectivity index (χ0) is 25.4. The van der Waals surface area contributed by atoms with E-state index in [4.69, 9.17) is 9.47 Å². The Morgan fingerprint density at radius 1 is 0.971 bits per heavy atom. The quantitative estimate of drug-likeness (QED) is 0.435. The number of benzene rings is 3. The van der Waals surface area contributed by atoms with Gasteiger partial charge in [-0.1, -0.05) is 62.7 Å². The van der Waals surface area contributed by atoms with Crippen LogP contribution in [0.25, 0.3) is 21.5 Å². The number of fused-ring (bicyclic) bond motifs is 2. The van der Waals surface area contributed by atoms with Crippen LogP contribution in [0.3, 0.4) is 0 Å². The van der Waals surface area contributed by atoms with E-state index in [0.717, 1.165) is 52.1 Å². The normalized spacial score (nSPS) is 21.5. The van der Waals surface area contributed by atoms with Crippen molar-refractivity contribution in [3.63, 3.8) is 0 Å². The van der Waals surface area contributed by atoms with Crippen molar-refractivity contribution in [3.05, 3.63) is 48.0 Å². The Hall–Kier alpha value is -3.28. The zero-order valence-corrected chi connectivity index (χ0v) is 21.6. The molecular formula is C29H36N2O4. The maximum Gasteiger partial charge on any atom is 0.412 e. The molecule has 1 fully saturated rings. The van der Waals surface area contributed by atoms with Gasteiger partial charge in [0.15, 0.2) is 0 Å². The zero-order valence-electron chi connectivity index (χ0n) is 21.6. The van der Waals surface area contributed by atoms with Crippen LogP contribution in [-0.2, 0) is 4.79 Å². The molecule has 6 nitrogen and oxygen atoms in total. The van der Waals surface area contributed by atoms with Crippen molar-refractivity contribution < 1.29 is 19.1 Å². The summed E-state index contributed by atoms with van der Waals surface area (Å²) in [6.07, 6.45) is 2.13. The third-order valence-electron chi connectivity index (χ3n) is 7.01. The average molecular weight is 477 g/mol. The summed E-state index contributed by atoms with van der Waals surface area (Å²) in [7, 11) is 1.67. The minimum absolute atomic E-state index is 0.0282.